The number of hydrogen-bond donors (Lipinski definition) is 0. The SMILES string of the molecule is COC(=O)C(C)(C)N1c2ccc(C)cc2[C@H](C)CC1(C)C. The zero-order valence-corrected chi connectivity index (χ0v) is 14.3. The van der Waals surface area contributed by atoms with Gasteiger partial charge in [0.05, 0.1) is 7.11 Å². The summed E-state index contributed by atoms with van der Waals surface area (Å²) in [7, 11) is 1.46. The highest BCUT2D eigenvalue weighted by Crippen LogP contribution is 2.47. The number of rotatable bonds is 2. The van der Waals surface area contributed by atoms with Crippen molar-refractivity contribution >= 4 is 11.7 Å². The van der Waals surface area contributed by atoms with Gasteiger partial charge in [-0.15, -0.1) is 0 Å². The molecule has 0 saturated carbocycles. The molecule has 0 N–H and O–H groups in total. The third-order valence-electron chi connectivity index (χ3n) is 4.61. The molecule has 1 aliphatic heterocycles. The van der Waals surface area contributed by atoms with Crippen LogP contribution in [0.25, 0.3) is 0 Å². The molecule has 0 aromatic heterocycles. The standard InChI is InChI=1S/C18H27NO2/c1-12-8-9-15-14(10-12)13(2)11-17(3,4)19(15)18(5,6)16(20)21-7/h8-10,13H,11H2,1-7H3/t13-/m1/s1. The zero-order valence-electron chi connectivity index (χ0n) is 14.3. The van der Waals surface area contributed by atoms with Crippen LogP contribution in [0.2, 0.25) is 0 Å². The van der Waals surface area contributed by atoms with Gasteiger partial charge in [-0.3, -0.25) is 0 Å². The second-order valence-corrected chi connectivity index (χ2v) is 7.37. The van der Waals surface area contributed by atoms with Crippen molar-refractivity contribution in [1.82, 2.24) is 0 Å². The first kappa shape index (κ1) is 15.9. The molecule has 0 saturated heterocycles. The van der Waals surface area contributed by atoms with E-state index in [1.807, 2.05) is 13.8 Å². The molecule has 0 amide bonds. The van der Waals surface area contributed by atoms with Crippen molar-refractivity contribution < 1.29 is 9.53 Å². The predicted octanol–water partition coefficient (Wildman–Crippen LogP) is 4.04. The highest BCUT2D eigenvalue weighted by Gasteiger charge is 2.47. The summed E-state index contributed by atoms with van der Waals surface area (Å²) in [5, 5.41) is 0. The monoisotopic (exact) mass is 289 g/mol. The fraction of sp³-hybridized carbons (Fsp3) is 0.611. The number of esters is 1. The summed E-state index contributed by atoms with van der Waals surface area (Å²) in [5.41, 5.74) is 2.95. The summed E-state index contributed by atoms with van der Waals surface area (Å²) in [5.74, 6) is 0.288. The van der Waals surface area contributed by atoms with Gasteiger partial charge in [0, 0.05) is 11.2 Å². The maximum atomic E-state index is 12.3. The van der Waals surface area contributed by atoms with Gasteiger partial charge in [-0.05, 0) is 58.6 Å². The molecular weight excluding hydrogens is 262 g/mol. The number of ether oxygens (including phenoxy) is 1. The number of carbonyl (C=O) groups is 1. The molecule has 0 bridgehead atoms. The van der Waals surface area contributed by atoms with Crippen LogP contribution in [0, 0.1) is 6.92 Å². The number of methoxy groups -OCH3 is 1. The fourth-order valence-electron chi connectivity index (χ4n) is 3.95. The number of carbonyl (C=O) groups excluding carboxylic acids is 1. The Morgan fingerprint density at radius 1 is 1.38 bits per heavy atom. The Labute approximate surface area is 128 Å². The molecule has 116 valence electrons. The van der Waals surface area contributed by atoms with Gasteiger partial charge in [0.1, 0.15) is 5.54 Å². The largest absolute Gasteiger partial charge is 0.467 e. The summed E-state index contributed by atoms with van der Waals surface area (Å²) in [6, 6.07) is 6.51. The molecule has 1 aromatic rings. The van der Waals surface area contributed by atoms with Crippen LogP contribution >= 0.6 is 0 Å². The molecule has 0 spiro atoms. The molecule has 1 heterocycles. The van der Waals surface area contributed by atoms with Crippen LogP contribution in [0.3, 0.4) is 0 Å². The summed E-state index contributed by atoms with van der Waals surface area (Å²) in [6.07, 6.45) is 1.02. The number of aryl methyl sites for hydroxylation is 1. The summed E-state index contributed by atoms with van der Waals surface area (Å²) < 4.78 is 5.05. The van der Waals surface area contributed by atoms with Crippen LogP contribution in [-0.2, 0) is 9.53 Å². The third kappa shape index (κ3) is 2.54. The Morgan fingerprint density at radius 3 is 2.57 bits per heavy atom. The molecule has 3 heteroatoms. The van der Waals surface area contributed by atoms with Crippen LogP contribution in [0.1, 0.15) is 58.1 Å². The van der Waals surface area contributed by atoms with Gasteiger partial charge >= 0.3 is 5.97 Å². The lowest BCUT2D eigenvalue weighted by Crippen LogP contribution is -2.62. The fourth-order valence-corrected chi connectivity index (χ4v) is 3.95. The third-order valence-corrected chi connectivity index (χ3v) is 4.61. The van der Waals surface area contributed by atoms with E-state index in [1.165, 1.54) is 18.2 Å². The van der Waals surface area contributed by atoms with Crippen molar-refractivity contribution in [3.05, 3.63) is 29.3 Å². The number of fused-ring (bicyclic) bond motifs is 1. The molecule has 1 aliphatic rings. The molecule has 3 nitrogen and oxygen atoms in total. The number of benzene rings is 1. The second kappa shape index (κ2) is 5.04. The van der Waals surface area contributed by atoms with Gasteiger partial charge in [-0.2, -0.15) is 0 Å². The molecule has 2 rings (SSSR count). The Bertz CT molecular complexity index is 560. The lowest BCUT2D eigenvalue weighted by Gasteiger charge is -2.53. The lowest BCUT2D eigenvalue weighted by molar-refractivity contribution is -0.146. The Hall–Kier alpha value is -1.51. The van der Waals surface area contributed by atoms with Crippen molar-refractivity contribution in [3.63, 3.8) is 0 Å². The van der Waals surface area contributed by atoms with Gasteiger partial charge < -0.3 is 9.64 Å². The minimum Gasteiger partial charge on any atom is -0.467 e. The van der Waals surface area contributed by atoms with E-state index in [0.717, 1.165) is 12.1 Å². The Morgan fingerprint density at radius 2 is 2.00 bits per heavy atom. The normalized spacial score (nSPS) is 20.9. The lowest BCUT2D eigenvalue weighted by atomic mass is 9.77. The van der Waals surface area contributed by atoms with Crippen molar-refractivity contribution in [2.45, 2.75) is 65.0 Å². The van der Waals surface area contributed by atoms with E-state index >= 15 is 0 Å². The van der Waals surface area contributed by atoms with E-state index in [2.05, 4.69) is 50.8 Å². The number of hydrogen-bond acceptors (Lipinski definition) is 3. The van der Waals surface area contributed by atoms with E-state index in [4.69, 9.17) is 4.74 Å². The van der Waals surface area contributed by atoms with Crippen LogP contribution in [0.5, 0.6) is 0 Å². The molecule has 21 heavy (non-hydrogen) atoms. The Kier molecular flexibility index (Phi) is 3.81. The van der Waals surface area contributed by atoms with E-state index in [0.29, 0.717) is 5.92 Å². The summed E-state index contributed by atoms with van der Waals surface area (Å²) >= 11 is 0. The number of nitrogens with zero attached hydrogens (tertiary/aromatic N) is 1. The molecule has 0 fully saturated rings. The van der Waals surface area contributed by atoms with Gasteiger partial charge in [0.15, 0.2) is 0 Å². The predicted molar refractivity (Wildman–Crippen MR) is 86.9 cm³/mol. The first-order chi connectivity index (χ1) is 9.61. The van der Waals surface area contributed by atoms with Gasteiger partial charge in [-0.1, -0.05) is 24.6 Å². The summed E-state index contributed by atoms with van der Waals surface area (Å²) in [4.78, 5) is 14.6. The van der Waals surface area contributed by atoms with Crippen molar-refractivity contribution in [1.29, 1.82) is 0 Å². The molecular formula is C18H27NO2. The smallest absolute Gasteiger partial charge is 0.331 e. The van der Waals surface area contributed by atoms with Crippen LogP contribution in [0.4, 0.5) is 5.69 Å². The van der Waals surface area contributed by atoms with Crippen molar-refractivity contribution in [2.75, 3.05) is 12.0 Å². The molecule has 0 unspecified atom stereocenters. The van der Waals surface area contributed by atoms with Gasteiger partial charge in [0.2, 0.25) is 0 Å². The highest BCUT2D eigenvalue weighted by molar-refractivity contribution is 5.85. The minimum absolute atomic E-state index is 0.0979. The van der Waals surface area contributed by atoms with Crippen LogP contribution < -0.4 is 4.90 Å². The van der Waals surface area contributed by atoms with Crippen LogP contribution in [-0.4, -0.2) is 24.2 Å². The van der Waals surface area contributed by atoms with E-state index in [9.17, 15) is 4.79 Å². The molecule has 0 aliphatic carbocycles. The van der Waals surface area contributed by atoms with E-state index < -0.39 is 5.54 Å². The van der Waals surface area contributed by atoms with Gasteiger partial charge in [-0.25, -0.2) is 4.79 Å². The average molecular weight is 289 g/mol. The second-order valence-electron chi connectivity index (χ2n) is 7.37. The molecule has 0 radical (unpaired) electrons. The minimum atomic E-state index is -0.692. The summed E-state index contributed by atoms with van der Waals surface area (Å²) in [6.45, 7) is 12.7. The van der Waals surface area contributed by atoms with Gasteiger partial charge in [0.25, 0.3) is 0 Å². The maximum absolute atomic E-state index is 12.3. The quantitative estimate of drug-likeness (QED) is 0.770. The Balaban J connectivity index is 2.63. The van der Waals surface area contributed by atoms with E-state index in [1.54, 1.807) is 0 Å². The van der Waals surface area contributed by atoms with Crippen LogP contribution in [0.15, 0.2) is 18.2 Å². The highest BCUT2D eigenvalue weighted by atomic mass is 16.5. The maximum Gasteiger partial charge on any atom is 0.331 e. The van der Waals surface area contributed by atoms with Crippen molar-refractivity contribution in [3.8, 4) is 0 Å². The first-order valence-corrected chi connectivity index (χ1v) is 7.60. The molecule has 1 aromatic carbocycles. The first-order valence-electron chi connectivity index (χ1n) is 7.60. The average Bonchev–Trinajstić information content (AvgIpc) is 2.37. The zero-order chi connectivity index (χ0) is 16.0. The van der Waals surface area contributed by atoms with Crippen molar-refractivity contribution in [2.24, 2.45) is 0 Å². The van der Waals surface area contributed by atoms with E-state index in [-0.39, 0.29) is 11.5 Å². The topological polar surface area (TPSA) is 29.5 Å². The number of anilines is 1. The molecule has 1 atom stereocenters.